The van der Waals surface area contributed by atoms with Gasteiger partial charge in [-0.2, -0.15) is 0 Å². The molecule has 2 atom stereocenters. The maximum atomic E-state index is 13.2. The van der Waals surface area contributed by atoms with Crippen LogP contribution in [0, 0.1) is 0 Å². The molecule has 1 N–H and O–H groups in total. The summed E-state index contributed by atoms with van der Waals surface area (Å²) in [6, 6.07) is 14.9. The molecule has 0 saturated carbocycles. The van der Waals surface area contributed by atoms with Crippen LogP contribution in [0.1, 0.15) is 33.2 Å². The summed E-state index contributed by atoms with van der Waals surface area (Å²) >= 11 is 0. The lowest BCUT2D eigenvalue weighted by Gasteiger charge is -2.41. The number of hydrogen-bond acceptors (Lipinski definition) is 3. The quantitative estimate of drug-likeness (QED) is 0.872. The van der Waals surface area contributed by atoms with Crippen LogP contribution in [0.15, 0.2) is 54.6 Å². The van der Waals surface area contributed by atoms with Gasteiger partial charge >= 0.3 is 0 Å². The molecule has 0 bridgehead atoms. The molecular weight excluding hydrogens is 292 g/mol. The standard InChI is InChI=1S/C18H14N2O3/c1-11-16(22)19-18(12-7-3-2-4-8-12)15(21)13-9-5-6-10-14(13)17(23)20(11)18/h2-11H,1H3,(H,19,22)/t11-,18-/m0/s1. The summed E-state index contributed by atoms with van der Waals surface area (Å²) < 4.78 is 0. The van der Waals surface area contributed by atoms with E-state index in [1.54, 1.807) is 55.5 Å². The molecule has 2 aromatic carbocycles. The smallest absolute Gasteiger partial charge is 0.257 e. The van der Waals surface area contributed by atoms with Gasteiger partial charge in [0.25, 0.3) is 5.91 Å². The fourth-order valence-electron chi connectivity index (χ4n) is 3.46. The Morgan fingerprint density at radius 3 is 2.22 bits per heavy atom. The van der Waals surface area contributed by atoms with Crippen LogP contribution in [0.25, 0.3) is 0 Å². The first-order chi connectivity index (χ1) is 11.1. The number of amides is 2. The summed E-state index contributed by atoms with van der Waals surface area (Å²) in [5.74, 6) is -0.921. The van der Waals surface area contributed by atoms with Crippen molar-refractivity contribution >= 4 is 17.6 Å². The van der Waals surface area contributed by atoms with Crippen molar-refractivity contribution in [3.05, 3.63) is 71.3 Å². The maximum Gasteiger partial charge on any atom is 0.257 e. The van der Waals surface area contributed by atoms with Crippen molar-refractivity contribution in [1.82, 2.24) is 10.2 Å². The van der Waals surface area contributed by atoms with Crippen LogP contribution < -0.4 is 5.32 Å². The van der Waals surface area contributed by atoms with Crippen LogP contribution in [0.5, 0.6) is 0 Å². The molecule has 2 amide bonds. The maximum absolute atomic E-state index is 13.2. The van der Waals surface area contributed by atoms with Crippen molar-refractivity contribution < 1.29 is 14.4 Å². The Hall–Kier alpha value is -2.95. The Kier molecular flexibility index (Phi) is 2.69. The van der Waals surface area contributed by atoms with E-state index in [2.05, 4.69) is 5.32 Å². The number of Topliss-reactive ketones (excluding diaryl/α,β-unsaturated/α-hetero) is 1. The van der Waals surface area contributed by atoms with E-state index >= 15 is 0 Å². The van der Waals surface area contributed by atoms with Crippen LogP contribution in [0.4, 0.5) is 0 Å². The summed E-state index contributed by atoms with van der Waals surface area (Å²) in [6.07, 6.45) is 0. The Morgan fingerprint density at radius 2 is 1.52 bits per heavy atom. The number of hydrogen-bond donors (Lipinski definition) is 1. The number of carbonyl (C=O) groups excluding carboxylic acids is 3. The summed E-state index contributed by atoms with van der Waals surface area (Å²) in [5.41, 5.74) is -0.187. The molecule has 114 valence electrons. The monoisotopic (exact) mass is 306 g/mol. The summed E-state index contributed by atoms with van der Waals surface area (Å²) in [6.45, 7) is 1.64. The van der Waals surface area contributed by atoms with Crippen LogP contribution >= 0.6 is 0 Å². The zero-order valence-electron chi connectivity index (χ0n) is 12.4. The van der Waals surface area contributed by atoms with Gasteiger partial charge in [-0.15, -0.1) is 0 Å². The minimum absolute atomic E-state index is 0.281. The number of ketones is 1. The van der Waals surface area contributed by atoms with E-state index in [0.717, 1.165) is 0 Å². The predicted molar refractivity (Wildman–Crippen MR) is 82.7 cm³/mol. The Morgan fingerprint density at radius 1 is 0.913 bits per heavy atom. The summed E-state index contributed by atoms with van der Waals surface area (Å²) in [7, 11) is 0. The van der Waals surface area contributed by atoms with Crippen molar-refractivity contribution in [2.24, 2.45) is 0 Å². The number of fused-ring (bicyclic) bond motifs is 2. The van der Waals surface area contributed by atoms with Gasteiger partial charge in [0, 0.05) is 11.1 Å². The Balaban J connectivity index is 2.04. The van der Waals surface area contributed by atoms with Gasteiger partial charge in [0.2, 0.25) is 17.4 Å². The molecule has 1 saturated heterocycles. The molecule has 0 unspecified atom stereocenters. The molecule has 2 heterocycles. The molecule has 23 heavy (non-hydrogen) atoms. The molecule has 1 fully saturated rings. The first-order valence-electron chi connectivity index (χ1n) is 7.42. The molecule has 0 aromatic heterocycles. The van der Waals surface area contributed by atoms with Gasteiger partial charge in [-0.3, -0.25) is 19.3 Å². The molecule has 0 spiro atoms. The lowest BCUT2D eigenvalue weighted by atomic mass is 9.83. The first kappa shape index (κ1) is 13.7. The normalized spacial score (nSPS) is 25.9. The molecular formula is C18H14N2O3. The van der Waals surface area contributed by atoms with Crippen LogP contribution in [-0.4, -0.2) is 28.5 Å². The van der Waals surface area contributed by atoms with Crippen molar-refractivity contribution in [2.75, 3.05) is 0 Å². The third kappa shape index (κ3) is 1.59. The van der Waals surface area contributed by atoms with E-state index < -0.39 is 11.7 Å². The first-order valence-corrected chi connectivity index (χ1v) is 7.42. The molecule has 2 aromatic rings. The van der Waals surface area contributed by atoms with Gasteiger partial charge in [0.1, 0.15) is 6.04 Å². The average Bonchev–Trinajstić information content (AvgIpc) is 2.86. The van der Waals surface area contributed by atoms with E-state index in [9.17, 15) is 14.4 Å². The fraction of sp³-hybridized carbons (Fsp3) is 0.167. The highest BCUT2D eigenvalue weighted by Gasteiger charge is 2.60. The predicted octanol–water partition coefficient (Wildman–Crippen LogP) is 1.70. The summed E-state index contributed by atoms with van der Waals surface area (Å²) in [5, 5.41) is 2.77. The molecule has 0 aliphatic carbocycles. The second-order valence-electron chi connectivity index (χ2n) is 5.79. The van der Waals surface area contributed by atoms with Gasteiger partial charge in [-0.05, 0) is 13.0 Å². The van der Waals surface area contributed by atoms with Crippen LogP contribution in [-0.2, 0) is 10.5 Å². The van der Waals surface area contributed by atoms with E-state index in [4.69, 9.17) is 0 Å². The molecule has 5 nitrogen and oxygen atoms in total. The average molecular weight is 306 g/mol. The second-order valence-corrected chi connectivity index (χ2v) is 5.79. The van der Waals surface area contributed by atoms with Gasteiger partial charge in [0.05, 0.1) is 5.56 Å². The summed E-state index contributed by atoms with van der Waals surface area (Å²) in [4.78, 5) is 39.9. The number of rotatable bonds is 1. The fourth-order valence-corrected chi connectivity index (χ4v) is 3.46. The minimum atomic E-state index is -1.46. The van der Waals surface area contributed by atoms with Crippen LogP contribution in [0.2, 0.25) is 0 Å². The van der Waals surface area contributed by atoms with E-state index in [1.807, 2.05) is 6.07 Å². The van der Waals surface area contributed by atoms with Gasteiger partial charge < -0.3 is 5.32 Å². The van der Waals surface area contributed by atoms with Crippen molar-refractivity contribution in [3.8, 4) is 0 Å². The van der Waals surface area contributed by atoms with Gasteiger partial charge in [-0.1, -0.05) is 48.5 Å². The molecule has 2 aliphatic rings. The topological polar surface area (TPSA) is 66.5 Å². The second kappa shape index (κ2) is 4.52. The number of nitrogens with one attached hydrogen (secondary N) is 1. The lowest BCUT2D eigenvalue weighted by Crippen LogP contribution is -2.61. The van der Waals surface area contributed by atoms with Crippen molar-refractivity contribution in [1.29, 1.82) is 0 Å². The van der Waals surface area contributed by atoms with E-state index in [-0.39, 0.29) is 17.6 Å². The molecule has 5 heteroatoms. The highest BCUT2D eigenvalue weighted by atomic mass is 16.2. The molecule has 2 aliphatic heterocycles. The Bertz CT molecular complexity index is 846. The van der Waals surface area contributed by atoms with E-state index in [1.165, 1.54) is 4.90 Å². The lowest BCUT2D eigenvalue weighted by molar-refractivity contribution is -0.121. The van der Waals surface area contributed by atoms with Gasteiger partial charge in [0.15, 0.2) is 0 Å². The Labute approximate surface area is 132 Å². The van der Waals surface area contributed by atoms with Crippen LogP contribution in [0.3, 0.4) is 0 Å². The third-order valence-corrected chi connectivity index (χ3v) is 4.57. The zero-order valence-corrected chi connectivity index (χ0v) is 12.4. The highest BCUT2D eigenvalue weighted by Crippen LogP contribution is 2.41. The number of benzene rings is 2. The SMILES string of the molecule is C[C@H]1C(=O)N[C@]2(c3ccccc3)C(=O)c3ccccc3C(=O)N12. The highest BCUT2D eigenvalue weighted by molar-refractivity contribution is 6.20. The molecule has 0 radical (unpaired) electrons. The van der Waals surface area contributed by atoms with Crippen molar-refractivity contribution in [3.63, 3.8) is 0 Å². The number of nitrogens with zero attached hydrogens (tertiary/aromatic N) is 1. The zero-order chi connectivity index (χ0) is 16.2. The third-order valence-electron chi connectivity index (χ3n) is 4.57. The number of carbonyl (C=O) groups is 3. The van der Waals surface area contributed by atoms with Gasteiger partial charge in [-0.25, -0.2) is 0 Å². The molecule has 4 rings (SSSR count). The van der Waals surface area contributed by atoms with E-state index in [0.29, 0.717) is 16.7 Å². The minimum Gasteiger partial charge on any atom is -0.321 e. The van der Waals surface area contributed by atoms with Crippen molar-refractivity contribution in [2.45, 2.75) is 18.6 Å². The largest absolute Gasteiger partial charge is 0.321 e.